The maximum absolute atomic E-state index is 2.30. The average Bonchev–Trinajstić information content (AvgIpc) is 2.65. The van der Waals surface area contributed by atoms with Crippen LogP contribution in [0.1, 0.15) is 96.8 Å². The highest BCUT2D eigenvalue weighted by Gasteiger charge is 2.11. The Morgan fingerprint density at radius 2 is 1.28 bits per heavy atom. The third kappa shape index (κ3) is 9.37. The van der Waals surface area contributed by atoms with E-state index in [0.29, 0.717) is 0 Å². The lowest BCUT2D eigenvalue weighted by atomic mass is 10.1. The second-order valence-electron chi connectivity index (χ2n) is 6.03. The fraction of sp³-hybridized carbons (Fsp3) is 1.00. The smallest absolute Gasteiger partial charge is 0.0170 e. The molecule has 0 aromatic heterocycles. The maximum Gasteiger partial charge on any atom is -0.0170 e. The van der Waals surface area contributed by atoms with Gasteiger partial charge in [0.05, 0.1) is 0 Å². The van der Waals surface area contributed by atoms with Crippen molar-refractivity contribution in [1.29, 1.82) is 0 Å². The Labute approximate surface area is 117 Å². The molecule has 1 aliphatic rings. The molecule has 1 radical (unpaired) electrons. The van der Waals surface area contributed by atoms with Crippen LogP contribution in [0.25, 0.3) is 0 Å². The second-order valence-corrected chi connectivity index (χ2v) is 7.57. The van der Waals surface area contributed by atoms with Crippen molar-refractivity contribution < 1.29 is 0 Å². The van der Waals surface area contributed by atoms with E-state index in [1.807, 2.05) is 0 Å². The standard InChI is InChI=1S/C17H34P/c1-2-3-4-5-6-7-10-13-16-18-17-14-11-8-9-12-15-17/h17H,2-16H2,1H3. The average molecular weight is 269 g/mol. The summed E-state index contributed by atoms with van der Waals surface area (Å²) in [7, 11) is 1.79. The van der Waals surface area contributed by atoms with Crippen LogP contribution in [0.15, 0.2) is 0 Å². The molecule has 0 atom stereocenters. The predicted molar refractivity (Wildman–Crippen MR) is 85.9 cm³/mol. The Morgan fingerprint density at radius 3 is 1.89 bits per heavy atom. The lowest BCUT2D eigenvalue weighted by Crippen LogP contribution is -1.99. The van der Waals surface area contributed by atoms with E-state index in [1.165, 1.54) is 96.1 Å². The molecule has 0 bridgehead atoms. The molecular weight excluding hydrogens is 235 g/mol. The van der Waals surface area contributed by atoms with Gasteiger partial charge in [-0.05, 0) is 31.1 Å². The van der Waals surface area contributed by atoms with Gasteiger partial charge in [0.15, 0.2) is 0 Å². The first-order chi connectivity index (χ1) is 8.93. The summed E-state index contributed by atoms with van der Waals surface area (Å²) in [4.78, 5) is 0. The van der Waals surface area contributed by atoms with Crippen molar-refractivity contribution >= 4 is 8.58 Å². The fourth-order valence-electron chi connectivity index (χ4n) is 2.96. The zero-order valence-electron chi connectivity index (χ0n) is 12.6. The van der Waals surface area contributed by atoms with E-state index in [9.17, 15) is 0 Å². The molecule has 0 heterocycles. The van der Waals surface area contributed by atoms with Crippen molar-refractivity contribution in [2.45, 2.75) is 102 Å². The minimum Gasteiger partial charge on any atom is -0.0775 e. The van der Waals surface area contributed by atoms with Crippen molar-refractivity contribution in [2.75, 3.05) is 6.16 Å². The SMILES string of the molecule is CCCCCCCCCC[P]C1CCCCCC1. The largest absolute Gasteiger partial charge is 0.0775 e. The number of hydrogen-bond acceptors (Lipinski definition) is 0. The second kappa shape index (κ2) is 12.5. The van der Waals surface area contributed by atoms with Crippen molar-refractivity contribution in [3.63, 3.8) is 0 Å². The summed E-state index contributed by atoms with van der Waals surface area (Å²) >= 11 is 0. The molecule has 1 fully saturated rings. The van der Waals surface area contributed by atoms with Gasteiger partial charge in [0.25, 0.3) is 0 Å². The minimum absolute atomic E-state index is 1.07. The molecule has 0 aliphatic heterocycles. The first kappa shape index (κ1) is 16.5. The molecule has 0 nitrogen and oxygen atoms in total. The van der Waals surface area contributed by atoms with Gasteiger partial charge in [-0.2, -0.15) is 0 Å². The van der Waals surface area contributed by atoms with E-state index in [-0.39, 0.29) is 0 Å². The summed E-state index contributed by atoms with van der Waals surface area (Å²) in [6.07, 6.45) is 22.3. The summed E-state index contributed by atoms with van der Waals surface area (Å²) in [6, 6.07) is 0. The van der Waals surface area contributed by atoms with Gasteiger partial charge in [-0.1, -0.05) is 86.1 Å². The molecular formula is C17H34P. The molecule has 0 aromatic rings. The third-order valence-electron chi connectivity index (χ3n) is 4.22. The highest BCUT2D eigenvalue weighted by Crippen LogP contribution is 2.32. The Bertz CT molecular complexity index is 159. The normalized spacial score (nSPS) is 18.5. The van der Waals surface area contributed by atoms with Crippen molar-refractivity contribution in [3.8, 4) is 0 Å². The lowest BCUT2D eigenvalue weighted by molar-refractivity contribution is 0.585. The maximum atomic E-state index is 2.30. The number of rotatable bonds is 10. The Balaban J connectivity index is 1.80. The molecule has 0 saturated heterocycles. The van der Waals surface area contributed by atoms with Crippen LogP contribution in [0.5, 0.6) is 0 Å². The molecule has 1 rings (SSSR count). The van der Waals surface area contributed by atoms with Crippen molar-refractivity contribution in [3.05, 3.63) is 0 Å². The first-order valence-corrected chi connectivity index (χ1v) is 9.75. The van der Waals surface area contributed by atoms with E-state index in [2.05, 4.69) is 6.92 Å². The van der Waals surface area contributed by atoms with Gasteiger partial charge in [0.2, 0.25) is 0 Å². The van der Waals surface area contributed by atoms with E-state index in [4.69, 9.17) is 0 Å². The molecule has 1 saturated carbocycles. The van der Waals surface area contributed by atoms with Crippen LogP contribution in [0.3, 0.4) is 0 Å². The number of hydrogen-bond donors (Lipinski definition) is 0. The third-order valence-corrected chi connectivity index (χ3v) is 5.83. The van der Waals surface area contributed by atoms with Gasteiger partial charge in [-0.15, -0.1) is 0 Å². The van der Waals surface area contributed by atoms with Crippen LogP contribution in [0, 0.1) is 0 Å². The quantitative estimate of drug-likeness (QED) is 0.232. The Hall–Kier alpha value is 0.430. The van der Waals surface area contributed by atoms with Crippen LogP contribution in [0.4, 0.5) is 0 Å². The van der Waals surface area contributed by atoms with Crippen molar-refractivity contribution in [2.24, 2.45) is 0 Å². The summed E-state index contributed by atoms with van der Waals surface area (Å²) in [6.45, 7) is 2.30. The zero-order chi connectivity index (χ0) is 12.9. The molecule has 0 unspecified atom stereocenters. The predicted octanol–water partition coefficient (Wildman–Crippen LogP) is 6.80. The minimum atomic E-state index is 1.07. The Kier molecular flexibility index (Phi) is 11.4. The van der Waals surface area contributed by atoms with Gasteiger partial charge >= 0.3 is 0 Å². The molecule has 1 heteroatoms. The highest BCUT2D eigenvalue weighted by molar-refractivity contribution is 7.38. The monoisotopic (exact) mass is 269 g/mol. The van der Waals surface area contributed by atoms with E-state index >= 15 is 0 Å². The molecule has 18 heavy (non-hydrogen) atoms. The van der Waals surface area contributed by atoms with Gasteiger partial charge in [0.1, 0.15) is 0 Å². The van der Waals surface area contributed by atoms with E-state index < -0.39 is 0 Å². The summed E-state index contributed by atoms with van der Waals surface area (Å²) in [5.74, 6) is 0. The number of unbranched alkanes of at least 4 members (excludes halogenated alkanes) is 7. The summed E-state index contributed by atoms with van der Waals surface area (Å²) < 4.78 is 0. The molecule has 0 spiro atoms. The van der Waals surface area contributed by atoms with Gasteiger partial charge in [-0.3, -0.25) is 0 Å². The van der Waals surface area contributed by atoms with Gasteiger partial charge < -0.3 is 0 Å². The summed E-state index contributed by atoms with van der Waals surface area (Å²) in [5, 5.41) is 0. The first-order valence-electron chi connectivity index (χ1n) is 8.60. The van der Waals surface area contributed by atoms with Crippen LogP contribution in [-0.2, 0) is 0 Å². The molecule has 0 N–H and O–H groups in total. The highest BCUT2D eigenvalue weighted by atomic mass is 31.1. The molecule has 1 aliphatic carbocycles. The Morgan fingerprint density at radius 1 is 0.722 bits per heavy atom. The van der Waals surface area contributed by atoms with E-state index in [1.54, 1.807) is 8.58 Å². The van der Waals surface area contributed by atoms with E-state index in [0.717, 1.165) is 5.66 Å². The van der Waals surface area contributed by atoms with Crippen LogP contribution in [0.2, 0.25) is 0 Å². The molecule has 0 aromatic carbocycles. The lowest BCUT2D eigenvalue weighted by Gasteiger charge is -2.12. The van der Waals surface area contributed by atoms with Crippen LogP contribution in [-0.4, -0.2) is 11.8 Å². The van der Waals surface area contributed by atoms with Gasteiger partial charge in [-0.25, -0.2) is 0 Å². The van der Waals surface area contributed by atoms with Gasteiger partial charge in [0, 0.05) is 0 Å². The summed E-state index contributed by atoms with van der Waals surface area (Å²) in [5.41, 5.74) is 1.07. The molecule has 0 amide bonds. The van der Waals surface area contributed by atoms with Crippen LogP contribution >= 0.6 is 8.58 Å². The van der Waals surface area contributed by atoms with Crippen LogP contribution < -0.4 is 0 Å². The topological polar surface area (TPSA) is 0 Å². The molecule has 107 valence electrons. The zero-order valence-corrected chi connectivity index (χ0v) is 13.5. The fourth-order valence-corrected chi connectivity index (χ4v) is 4.46. The van der Waals surface area contributed by atoms with Crippen molar-refractivity contribution in [1.82, 2.24) is 0 Å².